The summed E-state index contributed by atoms with van der Waals surface area (Å²) in [6.07, 6.45) is 11.3. The summed E-state index contributed by atoms with van der Waals surface area (Å²) in [4.78, 5) is 11.6. The van der Waals surface area contributed by atoms with Gasteiger partial charge in [0, 0.05) is 53.4 Å². The number of nitrogens with zero attached hydrogens (tertiary/aromatic N) is 3. The van der Waals surface area contributed by atoms with E-state index in [0.717, 1.165) is 17.3 Å². The van der Waals surface area contributed by atoms with Crippen molar-refractivity contribution < 1.29 is 0 Å². The van der Waals surface area contributed by atoms with E-state index in [2.05, 4.69) is 28.2 Å². The lowest BCUT2D eigenvalue weighted by molar-refractivity contribution is 0.692. The number of anilines is 1. The molecule has 1 spiro atoms. The Morgan fingerprint density at radius 2 is 2.10 bits per heavy atom. The number of rotatable bonds is 2. The Kier molecular flexibility index (Phi) is 1.95. The standard InChI is InChI=1S/C17H17N3/c1-2-12(9-18-7-1)15-8-16-14(10-19-15)17(5-6-17)11-20(16)13-3-4-13/h1-2,7-10,13H,3-6,11H2. The van der Waals surface area contributed by atoms with Gasteiger partial charge in [0.25, 0.3) is 0 Å². The molecule has 100 valence electrons. The van der Waals surface area contributed by atoms with Crippen LogP contribution in [0.3, 0.4) is 0 Å². The molecule has 0 N–H and O–H groups in total. The fourth-order valence-corrected chi connectivity index (χ4v) is 3.55. The summed E-state index contributed by atoms with van der Waals surface area (Å²) in [5.74, 6) is 0. The smallest absolute Gasteiger partial charge is 0.0738 e. The van der Waals surface area contributed by atoms with Crippen molar-refractivity contribution >= 4 is 5.69 Å². The molecule has 0 bridgehead atoms. The van der Waals surface area contributed by atoms with Gasteiger partial charge in [0.15, 0.2) is 0 Å². The van der Waals surface area contributed by atoms with Crippen LogP contribution in [0.25, 0.3) is 11.3 Å². The molecule has 3 heteroatoms. The lowest BCUT2D eigenvalue weighted by atomic mass is 10.00. The van der Waals surface area contributed by atoms with Crippen LogP contribution in [0.4, 0.5) is 5.69 Å². The van der Waals surface area contributed by atoms with Crippen LogP contribution in [0.2, 0.25) is 0 Å². The monoisotopic (exact) mass is 263 g/mol. The van der Waals surface area contributed by atoms with Crippen LogP contribution in [0.5, 0.6) is 0 Å². The fourth-order valence-electron chi connectivity index (χ4n) is 3.55. The summed E-state index contributed by atoms with van der Waals surface area (Å²) in [7, 11) is 0. The van der Waals surface area contributed by atoms with Gasteiger partial charge < -0.3 is 4.90 Å². The lowest BCUT2D eigenvalue weighted by Crippen LogP contribution is -2.26. The highest BCUT2D eigenvalue weighted by Crippen LogP contribution is 2.58. The molecule has 1 aliphatic heterocycles. The predicted molar refractivity (Wildman–Crippen MR) is 78.7 cm³/mol. The third kappa shape index (κ3) is 1.46. The zero-order valence-corrected chi connectivity index (χ0v) is 11.4. The minimum absolute atomic E-state index is 0.457. The zero-order valence-electron chi connectivity index (χ0n) is 11.4. The quantitative estimate of drug-likeness (QED) is 0.833. The molecule has 0 amide bonds. The number of hydrogen-bond acceptors (Lipinski definition) is 3. The Balaban J connectivity index is 1.63. The van der Waals surface area contributed by atoms with Gasteiger partial charge in [-0.2, -0.15) is 0 Å². The van der Waals surface area contributed by atoms with Gasteiger partial charge in [-0.15, -0.1) is 0 Å². The van der Waals surface area contributed by atoms with Crippen LogP contribution >= 0.6 is 0 Å². The van der Waals surface area contributed by atoms with Gasteiger partial charge in [-0.05, 0) is 43.9 Å². The van der Waals surface area contributed by atoms with E-state index in [0.29, 0.717) is 5.41 Å². The van der Waals surface area contributed by atoms with Gasteiger partial charge in [0.05, 0.1) is 5.69 Å². The Morgan fingerprint density at radius 3 is 2.80 bits per heavy atom. The van der Waals surface area contributed by atoms with Crippen molar-refractivity contribution in [3.8, 4) is 11.3 Å². The molecule has 0 unspecified atom stereocenters. The van der Waals surface area contributed by atoms with Crippen molar-refractivity contribution in [2.45, 2.75) is 37.1 Å². The van der Waals surface area contributed by atoms with Crippen LogP contribution < -0.4 is 4.90 Å². The predicted octanol–water partition coefficient (Wildman–Crippen LogP) is 3.16. The summed E-state index contributed by atoms with van der Waals surface area (Å²) in [5.41, 5.74) is 5.57. The van der Waals surface area contributed by atoms with Crippen molar-refractivity contribution in [3.63, 3.8) is 0 Å². The largest absolute Gasteiger partial charge is 0.367 e. The second-order valence-corrected chi connectivity index (χ2v) is 6.47. The Hall–Kier alpha value is -1.90. The molecule has 2 aromatic rings. The Bertz CT molecular complexity index is 672. The third-order valence-electron chi connectivity index (χ3n) is 5.03. The Labute approximate surface area is 118 Å². The van der Waals surface area contributed by atoms with Crippen molar-refractivity contribution in [2.24, 2.45) is 0 Å². The maximum absolute atomic E-state index is 4.70. The molecule has 3 nitrogen and oxygen atoms in total. The van der Waals surface area contributed by atoms with E-state index < -0.39 is 0 Å². The average molecular weight is 263 g/mol. The van der Waals surface area contributed by atoms with E-state index in [9.17, 15) is 0 Å². The van der Waals surface area contributed by atoms with Gasteiger partial charge in [-0.25, -0.2) is 0 Å². The molecular formula is C17H17N3. The molecule has 5 rings (SSSR count). The van der Waals surface area contributed by atoms with Gasteiger partial charge in [0.1, 0.15) is 0 Å². The molecule has 3 heterocycles. The zero-order chi connectivity index (χ0) is 13.2. The molecule has 20 heavy (non-hydrogen) atoms. The first-order valence-corrected chi connectivity index (χ1v) is 7.53. The first-order valence-electron chi connectivity index (χ1n) is 7.53. The van der Waals surface area contributed by atoms with Crippen LogP contribution in [0, 0.1) is 0 Å². The summed E-state index contributed by atoms with van der Waals surface area (Å²) in [6, 6.07) is 7.14. The first-order chi connectivity index (χ1) is 9.86. The topological polar surface area (TPSA) is 29.0 Å². The summed E-state index contributed by atoms with van der Waals surface area (Å²) in [6.45, 7) is 1.23. The summed E-state index contributed by atoms with van der Waals surface area (Å²) >= 11 is 0. The van der Waals surface area contributed by atoms with E-state index in [1.165, 1.54) is 43.5 Å². The second kappa shape index (κ2) is 3.60. The Morgan fingerprint density at radius 1 is 1.20 bits per heavy atom. The molecule has 2 aliphatic carbocycles. The van der Waals surface area contributed by atoms with E-state index in [4.69, 9.17) is 4.98 Å². The minimum atomic E-state index is 0.457. The van der Waals surface area contributed by atoms with Gasteiger partial charge in [0.2, 0.25) is 0 Å². The van der Waals surface area contributed by atoms with Gasteiger partial charge in [-0.1, -0.05) is 0 Å². The molecule has 3 aliphatic rings. The van der Waals surface area contributed by atoms with Crippen molar-refractivity contribution in [2.75, 3.05) is 11.4 Å². The third-order valence-corrected chi connectivity index (χ3v) is 5.03. The van der Waals surface area contributed by atoms with E-state index in [-0.39, 0.29) is 0 Å². The molecule has 0 atom stereocenters. The highest BCUT2D eigenvalue weighted by molar-refractivity contribution is 5.72. The number of aromatic nitrogens is 2. The molecule has 0 saturated heterocycles. The molecular weight excluding hydrogens is 246 g/mol. The highest BCUT2D eigenvalue weighted by atomic mass is 15.2. The van der Waals surface area contributed by atoms with Crippen LogP contribution in [0.1, 0.15) is 31.2 Å². The van der Waals surface area contributed by atoms with E-state index in [1.807, 2.05) is 18.5 Å². The van der Waals surface area contributed by atoms with E-state index >= 15 is 0 Å². The summed E-state index contributed by atoms with van der Waals surface area (Å²) in [5, 5.41) is 0. The van der Waals surface area contributed by atoms with Crippen molar-refractivity contribution in [3.05, 3.63) is 42.4 Å². The van der Waals surface area contributed by atoms with Gasteiger partial charge in [-0.3, -0.25) is 9.97 Å². The SMILES string of the molecule is c1cncc(-c2cc3c(cn2)C2(CC2)CN3C2CC2)c1. The van der Waals surface area contributed by atoms with Crippen molar-refractivity contribution in [1.29, 1.82) is 0 Å². The molecule has 0 aromatic carbocycles. The van der Waals surface area contributed by atoms with Crippen LogP contribution in [-0.2, 0) is 5.41 Å². The normalized spacial score (nSPS) is 22.1. The number of fused-ring (bicyclic) bond motifs is 2. The number of hydrogen-bond donors (Lipinski definition) is 0. The van der Waals surface area contributed by atoms with Gasteiger partial charge >= 0.3 is 0 Å². The molecule has 2 saturated carbocycles. The maximum Gasteiger partial charge on any atom is 0.0738 e. The molecule has 2 aromatic heterocycles. The molecule has 2 fully saturated rings. The maximum atomic E-state index is 4.70. The van der Waals surface area contributed by atoms with Crippen LogP contribution in [-0.4, -0.2) is 22.6 Å². The fraction of sp³-hybridized carbons (Fsp3) is 0.412. The lowest BCUT2D eigenvalue weighted by Gasteiger charge is -2.19. The van der Waals surface area contributed by atoms with Crippen molar-refractivity contribution in [1.82, 2.24) is 9.97 Å². The number of pyridine rings is 2. The summed E-state index contributed by atoms with van der Waals surface area (Å²) < 4.78 is 0. The average Bonchev–Trinajstić information content (AvgIpc) is 3.39. The van der Waals surface area contributed by atoms with E-state index in [1.54, 1.807) is 0 Å². The minimum Gasteiger partial charge on any atom is -0.367 e. The molecule has 0 radical (unpaired) electrons. The highest BCUT2D eigenvalue weighted by Gasteiger charge is 2.54. The second-order valence-electron chi connectivity index (χ2n) is 6.47. The first kappa shape index (κ1) is 10.8. The van der Waals surface area contributed by atoms with Crippen LogP contribution in [0.15, 0.2) is 36.8 Å².